The zero-order chi connectivity index (χ0) is 58.9. The monoisotopic (exact) mass is 1110 g/mol. The predicted molar refractivity (Wildman–Crippen MR) is 353 cm³/mol. The molecule has 0 saturated carbocycles. The molecule has 420 valence electrons. The molecule has 0 fully saturated rings. The maximum atomic E-state index is 6.95. The Bertz CT molecular complexity index is 4460. The van der Waals surface area contributed by atoms with Crippen molar-refractivity contribution in [2.24, 2.45) is 0 Å². The van der Waals surface area contributed by atoms with Gasteiger partial charge in [-0.25, -0.2) is 4.98 Å². The van der Waals surface area contributed by atoms with Gasteiger partial charge in [0.2, 0.25) is 0 Å². The van der Waals surface area contributed by atoms with Gasteiger partial charge in [-0.1, -0.05) is 225 Å². The number of pyridine rings is 1. The number of benzene rings is 8. The van der Waals surface area contributed by atoms with E-state index in [0.717, 1.165) is 56.1 Å². The van der Waals surface area contributed by atoms with Gasteiger partial charge in [0, 0.05) is 39.5 Å². The molecule has 4 heterocycles. The summed E-state index contributed by atoms with van der Waals surface area (Å²) < 4.78 is 16.4. The molecule has 0 aliphatic carbocycles. The summed E-state index contributed by atoms with van der Waals surface area (Å²) in [4.78, 5) is 4.95. The van der Waals surface area contributed by atoms with Crippen LogP contribution in [0.25, 0.3) is 77.5 Å². The lowest BCUT2D eigenvalue weighted by atomic mass is 9.80. The van der Waals surface area contributed by atoms with E-state index in [4.69, 9.17) is 9.72 Å². The van der Waals surface area contributed by atoms with Crippen molar-refractivity contribution >= 4 is 73.1 Å². The summed E-state index contributed by atoms with van der Waals surface area (Å²) in [6.45, 7) is 40.0. The standard InChI is InChI=1S/C76H81N5OSi/c1-72(2,3)49-37-38-77-69(45-49)81-64-30-21-18-27-59(64)61-34-33-57(47-67(61)81)82-56-26-24-25-54(46-56)78-48-79(66-32-23-22-31-65(66)78)71-68(83(16,17)58-43-52(75(10,11)12)40-53(44-58)76(13,14)15)36-35-62-60-28-19-20-29-63(60)80(70(62)71)55-41-50(73(4,5)6)39-51(42-55)74(7,8)9/h18-47H,1-17H3. The fraction of sp³-hybridized carbons (Fsp3) is 0.289. The summed E-state index contributed by atoms with van der Waals surface area (Å²) in [6, 6.07) is 65.4. The molecule has 0 N–H and O–H groups in total. The minimum absolute atomic E-state index is 0.0321. The zero-order valence-corrected chi connectivity index (χ0v) is 53.0. The van der Waals surface area contributed by atoms with E-state index in [2.05, 4.69) is 317 Å². The van der Waals surface area contributed by atoms with E-state index in [1.165, 1.54) is 71.1 Å². The van der Waals surface area contributed by atoms with Crippen LogP contribution >= 0.6 is 0 Å². The molecule has 0 atom stereocenters. The van der Waals surface area contributed by atoms with E-state index in [-0.39, 0.29) is 27.1 Å². The molecule has 83 heavy (non-hydrogen) atoms. The number of hydrogen-bond acceptors (Lipinski definition) is 2. The van der Waals surface area contributed by atoms with E-state index in [1.54, 1.807) is 0 Å². The van der Waals surface area contributed by atoms with Crippen LogP contribution in [0.5, 0.6) is 11.5 Å². The quantitative estimate of drug-likeness (QED) is 0.0864. The Labute approximate surface area is 493 Å². The zero-order valence-electron chi connectivity index (χ0n) is 52.0. The first-order chi connectivity index (χ1) is 39.1. The summed E-state index contributed by atoms with van der Waals surface area (Å²) >= 11 is 0. The van der Waals surface area contributed by atoms with Crippen molar-refractivity contribution in [2.45, 2.75) is 144 Å². The van der Waals surface area contributed by atoms with Crippen molar-refractivity contribution < 1.29 is 9.30 Å². The van der Waals surface area contributed by atoms with Gasteiger partial charge in [0.1, 0.15) is 25.4 Å². The van der Waals surface area contributed by atoms with Gasteiger partial charge in [0.05, 0.1) is 44.5 Å². The fourth-order valence-corrected chi connectivity index (χ4v) is 14.8. The first-order valence-corrected chi connectivity index (χ1v) is 32.7. The van der Waals surface area contributed by atoms with Gasteiger partial charge in [-0.05, 0) is 127 Å². The highest BCUT2D eigenvalue weighted by molar-refractivity contribution is 7.01. The minimum Gasteiger partial charge on any atom is -0.458 e. The van der Waals surface area contributed by atoms with Crippen LogP contribution in [-0.2, 0) is 27.1 Å². The maximum Gasteiger partial charge on any atom is 0.269 e. The third kappa shape index (κ3) is 9.88. The Morgan fingerprint density at radius 1 is 0.422 bits per heavy atom. The van der Waals surface area contributed by atoms with Crippen molar-refractivity contribution in [1.29, 1.82) is 0 Å². The molecule has 12 rings (SSSR count). The van der Waals surface area contributed by atoms with Crippen LogP contribution in [-0.4, -0.2) is 26.8 Å². The molecule has 4 aromatic heterocycles. The second-order valence-corrected chi connectivity index (χ2v) is 33.3. The second-order valence-electron chi connectivity index (χ2n) is 28.9. The van der Waals surface area contributed by atoms with Crippen LogP contribution < -0.4 is 19.7 Å². The Hall–Kier alpha value is -8.00. The Morgan fingerprint density at radius 2 is 0.940 bits per heavy atom. The van der Waals surface area contributed by atoms with Gasteiger partial charge in [-0.15, -0.1) is 0 Å². The molecule has 7 heteroatoms. The van der Waals surface area contributed by atoms with Crippen molar-refractivity contribution in [2.75, 3.05) is 0 Å². The summed E-state index contributed by atoms with van der Waals surface area (Å²) in [5.41, 5.74) is 16.2. The maximum absolute atomic E-state index is 6.95. The normalized spacial score (nSPS) is 13.1. The van der Waals surface area contributed by atoms with Gasteiger partial charge in [0.25, 0.3) is 6.33 Å². The van der Waals surface area contributed by atoms with E-state index in [9.17, 15) is 0 Å². The molecular formula is C76H81N5OSi. The number of imidazole rings is 1. The van der Waals surface area contributed by atoms with Crippen molar-refractivity contribution in [3.63, 3.8) is 0 Å². The lowest BCUT2D eigenvalue weighted by molar-refractivity contribution is -0.570. The van der Waals surface area contributed by atoms with Crippen LogP contribution in [0.1, 0.15) is 132 Å². The number of para-hydroxylation sites is 4. The van der Waals surface area contributed by atoms with Crippen molar-refractivity contribution in [3.8, 4) is 34.4 Å². The van der Waals surface area contributed by atoms with E-state index in [0.29, 0.717) is 0 Å². The first-order valence-electron chi connectivity index (χ1n) is 29.7. The number of fused-ring (bicyclic) bond motifs is 7. The fourth-order valence-electron chi connectivity index (χ4n) is 12.2. The summed E-state index contributed by atoms with van der Waals surface area (Å²) in [7, 11) is -2.64. The molecule has 0 radical (unpaired) electrons. The molecule has 0 bridgehead atoms. The first kappa shape index (κ1) is 55.5. The molecule has 6 nitrogen and oxygen atoms in total. The Kier molecular flexibility index (Phi) is 13.1. The second kappa shape index (κ2) is 19.6. The molecule has 0 aliphatic rings. The molecule has 0 spiro atoms. The smallest absolute Gasteiger partial charge is 0.269 e. The highest BCUT2D eigenvalue weighted by Gasteiger charge is 2.36. The lowest BCUT2D eigenvalue weighted by Crippen LogP contribution is -2.57. The topological polar surface area (TPSA) is 40.8 Å². The van der Waals surface area contributed by atoms with Gasteiger partial charge in [-0.3, -0.25) is 13.7 Å². The summed E-state index contributed by atoms with van der Waals surface area (Å²) in [5, 5.41) is 7.52. The lowest BCUT2D eigenvalue weighted by Gasteiger charge is -2.32. The van der Waals surface area contributed by atoms with Gasteiger partial charge < -0.3 is 9.30 Å². The molecule has 0 unspecified atom stereocenters. The third-order valence-electron chi connectivity index (χ3n) is 17.4. The molecule has 8 aromatic carbocycles. The van der Waals surface area contributed by atoms with Crippen LogP contribution in [0.4, 0.5) is 0 Å². The molecule has 0 aliphatic heterocycles. The molecule has 0 amide bonds. The van der Waals surface area contributed by atoms with Gasteiger partial charge >= 0.3 is 0 Å². The number of aromatic nitrogens is 5. The van der Waals surface area contributed by atoms with Gasteiger partial charge in [-0.2, -0.15) is 0 Å². The summed E-state index contributed by atoms with van der Waals surface area (Å²) in [6.07, 6.45) is 6.02. The molecule has 12 aromatic rings. The Morgan fingerprint density at radius 3 is 1.55 bits per heavy atom. The predicted octanol–water partition coefficient (Wildman–Crippen LogP) is 18.4. The van der Waals surface area contributed by atoms with E-state index < -0.39 is 8.07 Å². The number of ether oxygens (including phenoxy) is 1. The van der Waals surface area contributed by atoms with Crippen LogP contribution in [0.15, 0.2) is 182 Å². The molecule has 0 saturated heterocycles. The third-order valence-corrected chi connectivity index (χ3v) is 20.8. The molecular weight excluding hydrogens is 1030 g/mol. The minimum atomic E-state index is -2.64. The van der Waals surface area contributed by atoms with E-state index >= 15 is 0 Å². The number of rotatable bonds is 8. The Balaban J connectivity index is 1.09. The van der Waals surface area contributed by atoms with Crippen molar-refractivity contribution in [1.82, 2.24) is 18.7 Å². The van der Waals surface area contributed by atoms with Crippen LogP contribution in [0.2, 0.25) is 13.1 Å². The number of hydrogen-bond donors (Lipinski definition) is 0. The average Bonchev–Trinajstić information content (AvgIpc) is 2.37. The van der Waals surface area contributed by atoms with Crippen molar-refractivity contribution in [3.05, 3.63) is 216 Å². The highest BCUT2D eigenvalue weighted by Crippen LogP contribution is 2.41. The number of nitrogens with zero attached hydrogens (tertiary/aromatic N) is 5. The van der Waals surface area contributed by atoms with E-state index in [1.807, 2.05) is 6.20 Å². The SMILES string of the molecule is CC(C)(C)c1cc(-n2c3ccccc3c3ccc([Si](C)(C)c4cc(C(C)(C)C)cc(C(C)(C)C)c4)c(-[n+]4[c-]n(-c5cccc(Oc6ccc7c8ccccc8n(-c8cc(C(C)(C)C)ccn8)c7c6)c5)c5ccccc54)c32)cc(C(C)(C)C)c1. The summed E-state index contributed by atoms with van der Waals surface area (Å²) in [5.74, 6) is 2.36. The van der Waals surface area contributed by atoms with Crippen LogP contribution in [0, 0.1) is 6.33 Å². The largest absolute Gasteiger partial charge is 0.458 e. The average molecular weight is 1110 g/mol. The van der Waals surface area contributed by atoms with Crippen LogP contribution in [0.3, 0.4) is 0 Å². The highest BCUT2D eigenvalue weighted by atomic mass is 28.3. The van der Waals surface area contributed by atoms with Gasteiger partial charge in [0.15, 0.2) is 0 Å².